The van der Waals surface area contributed by atoms with E-state index < -0.39 is 0 Å². The van der Waals surface area contributed by atoms with Crippen molar-refractivity contribution >= 4 is 28.2 Å². The summed E-state index contributed by atoms with van der Waals surface area (Å²) in [5.41, 5.74) is 1.32. The van der Waals surface area contributed by atoms with Gasteiger partial charge in [0.15, 0.2) is 5.11 Å². The van der Waals surface area contributed by atoms with Gasteiger partial charge >= 0.3 is 0 Å². The smallest absolute Gasteiger partial charge is 0.253 e. The van der Waals surface area contributed by atoms with Gasteiger partial charge in [-0.2, -0.15) is 0 Å². The van der Waals surface area contributed by atoms with Crippen molar-refractivity contribution in [2.75, 3.05) is 7.11 Å². The van der Waals surface area contributed by atoms with Crippen LogP contribution in [0.4, 0.5) is 0 Å². The fourth-order valence-corrected chi connectivity index (χ4v) is 4.28. The maximum atomic E-state index is 12.7. The summed E-state index contributed by atoms with van der Waals surface area (Å²) in [6, 6.07) is 11.7. The van der Waals surface area contributed by atoms with E-state index in [1.165, 1.54) is 19.3 Å². The molecule has 7 heteroatoms. The third kappa shape index (κ3) is 4.84. The summed E-state index contributed by atoms with van der Waals surface area (Å²) >= 11 is 5.75. The van der Waals surface area contributed by atoms with Gasteiger partial charge in [-0.3, -0.25) is 4.79 Å². The molecule has 1 saturated carbocycles. The van der Waals surface area contributed by atoms with Crippen molar-refractivity contribution < 1.29 is 9.15 Å². The van der Waals surface area contributed by atoms with Gasteiger partial charge in [-0.1, -0.05) is 19.3 Å². The highest BCUT2D eigenvalue weighted by Gasteiger charge is 2.20. The zero-order valence-corrected chi connectivity index (χ0v) is 18.0. The van der Waals surface area contributed by atoms with E-state index in [-0.39, 0.29) is 5.56 Å². The Morgan fingerprint density at radius 1 is 1.23 bits per heavy atom. The maximum absolute atomic E-state index is 12.7. The molecule has 30 heavy (non-hydrogen) atoms. The monoisotopic (exact) mass is 425 g/mol. The summed E-state index contributed by atoms with van der Waals surface area (Å²) in [5, 5.41) is 5.09. The number of hydrogen-bond donors (Lipinski definition) is 2. The van der Waals surface area contributed by atoms with Crippen LogP contribution in [-0.2, 0) is 13.1 Å². The van der Waals surface area contributed by atoms with Crippen LogP contribution in [-0.4, -0.2) is 28.1 Å². The quantitative estimate of drug-likeness (QED) is 0.573. The van der Waals surface area contributed by atoms with Crippen LogP contribution in [0.15, 0.2) is 51.9 Å². The van der Waals surface area contributed by atoms with E-state index >= 15 is 0 Å². The molecule has 6 nitrogen and oxygen atoms in total. The molecule has 158 valence electrons. The van der Waals surface area contributed by atoms with Crippen LogP contribution in [0.2, 0.25) is 0 Å². The molecule has 2 N–H and O–H groups in total. The predicted octanol–water partition coefficient (Wildman–Crippen LogP) is 4.34. The number of thiocarbonyl (C=S) groups is 1. The van der Waals surface area contributed by atoms with E-state index in [4.69, 9.17) is 21.4 Å². The molecule has 1 aliphatic carbocycles. The lowest BCUT2D eigenvalue weighted by Crippen LogP contribution is -2.45. The third-order valence-corrected chi connectivity index (χ3v) is 6.01. The molecule has 1 fully saturated rings. The molecular formula is C23H27N3O3S. The van der Waals surface area contributed by atoms with Gasteiger partial charge in [-0.15, -0.1) is 0 Å². The van der Waals surface area contributed by atoms with Gasteiger partial charge in [-0.05, 0) is 61.5 Å². The second-order valence-corrected chi connectivity index (χ2v) is 8.18. The maximum Gasteiger partial charge on any atom is 0.253 e. The van der Waals surface area contributed by atoms with Crippen LogP contribution in [0.1, 0.15) is 43.4 Å². The van der Waals surface area contributed by atoms with Gasteiger partial charge in [0.2, 0.25) is 0 Å². The van der Waals surface area contributed by atoms with Crippen LogP contribution in [0.3, 0.4) is 0 Å². The molecule has 0 spiro atoms. The van der Waals surface area contributed by atoms with Crippen molar-refractivity contribution in [3.8, 4) is 5.75 Å². The molecule has 3 aromatic rings. The largest absolute Gasteiger partial charge is 0.497 e. The molecule has 0 amide bonds. The molecular weight excluding hydrogens is 398 g/mol. The molecule has 2 aromatic heterocycles. The molecule has 0 radical (unpaired) electrons. The second-order valence-electron chi connectivity index (χ2n) is 7.80. The van der Waals surface area contributed by atoms with E-state index in [2.05, 4.69) is 10.3 Å². The van der Waals surface area contributed by atoms with Gasteiger partial charge in [0.05, 0.1) is 26.5 Å². The first-order valence-corrected chi connectivity index (χ1v) is 10.8. The molecule has 0 unspecified atom stereocenters. The average molecular weight is 426 g/mol. The standard InChI is InChI=1S/C23H27N3O3S/c1-28-19-9-10-21-16(13-19)12-17(22(27)25-21)14-26(15-20-8-5-11-29-20)23(30)24-18-6-3-2-4-7-18/h5,8-13,18H,2-4,6-7,14-15H2,1H3,(H,24,30)(H,25,27). The zero-order valence-electron chi connectivity index (χ0n) is 17.1. The van der Waals surface area contributed by atoms with Crippen LogP contribution < -0.4 is 15.6 Å². The van der Waals surface area contributed by atoms with E-state index in [0.717, 1.165) is 35.3 Å². The predicted molar refractivity (Wildman–Crippen MR) is 122 cm³/mol. The number of methoxy groups -OCH3 is 1. The summed E-state index contributed by atoms with van der Waals surface area (Å²) in [4.78, 5) is 17.7. The Labute approximate surface area is 181 Å². The minimum atomic E-state index is -0.113. The summed E-state index contributed by atoms with van der Waals surface area (Å²) in [6.07, 6.45) is 7.66. The van der Waals surface area contributed by atoms with Crippen molar-refractivity contribution in [1.29, 1.82) is 0 Å². The first kappa shape index (κ1) is 20.5. The Hall–Kier alpha value is -2.80. The molecule has 4 rings (SSSR count). The Bertz CT molecular complexity index is 1060. The number of benzene rings is 1. The molecule has 2 heterocycles. The lowest BCUT2D eigenvalue weighted by atomic mass is 9.96. The molecule has 0 atom stereocenters. The van der Waals surface area contributed by atoms with Gasteiger partial charge in [0, 0.05) is 22.5 Å². The van der Waals surface area contributed by atoms with Gasteiger partial charge in [0.1, 0.15) is 11.5 Å². The van der Waals surface area contributed by atoms with Crippen molar-refractivity contribution in [3.05, 3.63) is 64.3 Å². The normalized spacial score (nSPS) is 14.6. The van der Waals surface area contributed by atoms with E-state index in [1.807, 2.05) is 41.3 Å². The zero-order chi connectivity index (χ0) is 20.9. The molecule has 1 aromatic carbocycles. The number of aromatic nitrogens is 1. The number of fused-ring (bicyclic) bond motifs is 1. The lowest BCUT2D eigenvalue weighted by Gasteiger charge is -2.30. The third-order valence-electron chi connectivity index (χ3n) is 5.64. The highest BCUT2D eigenvalue weighted by atomic mass is 32.1. The molecule has 1 aliphatic rings. The van der Waals surface area contributed by atoms with Crippen molar-refractivity contribution in [3.63, 3.8) is 0 Å². The molecule has 0 bridgehead atoms. The molecule has 0 aliphatic heterocycles. The highest BCUT2D eigenvalue weighted by molar-refractivity contribution is 7.80. The Balaban J connectivity index is 1.59. The number of nitrogens with one attached hydrogen (secondary N) is 2. The average Bonchev–Trinajstić information content (AvgIpc) is 3.27. The van der Waals surface area contributed by atoms with Crippen LogP contribution in [0, 0.1) is 0 Å². The SMILES string of the molecule is COc1ccc2[nH]c(=O)c(CN(Cc3ccco3)C(=S)NC3CCCCC3)cc2c1. The van der Waals surface area contributed by atoms with Gasteiger partial charge < -0.3 is 24.4 Å². The number of H-pyrrole nitrogens is 1. The van der Waals surface area contributed by atoms with E-state index in [1.54, 1.807) is 13.4 Å². The Morgan fingerprint density at radius 3 is 2.80 bits per heavy atom. The Morgan fingerprint density at radius 2 is 2.07 bits per heavy atom. The number of nitrogens with zero attached hydrogens (tertiary/aromatic N) is 1. The van der Waals surface area contributed by atoms with Gasteiger partial charge in [-0.25, -0.2) is 0 Å². The van der Waals surface area contributed by atoms with Crippen molar-refractivity contribution in [2.24, 2.45) is 0 Å². The number of furan rings is 1. The fraction of sp³-hybridized carbons (Fsp3) is 0.391. The lowest BCUT2D eigenvalue weighted by molar-refractivity contribution is 0.334. The second kappa shape index (κ2) is 9.34. The molecule has 0 saturated heterocycles. The first-order valence-electron chi connectivity index (χ1n) is 10.4. The fourth-order valence-electron chi connectivity index (χ4n) is 3.98. The summed E-state index contributed by atoms with van der Waals surface area (Å²) in [5.74, 6) is 1.56. The highest BCUT2D eigenvalue weighted by Crippen LogP contribution is 2.21. The number of rotatable bonds is 6. The van der Waals surface area contributed by atoms with E-state index in [0.29, 0.717) is 29.8 Å². The first-order chi connectivity index (χ1) is 14.6. The number of ether oxygens (including phenoxy) is 1. The topological polar surface area (TPSA) is 70.5 Å². The van der Waals surface area contributed by atoms with Crippen LogP contribution in [0.25, 0.3) is 10.9 Å². The summed E-state index contributed by atoms with van der Waals surface area (Å²) < 4.78 is 10.9. The van der Waals surface area contributed by atoms with E-state index in [9.17, 15) is 4.79 Å². The van der Waals surface area contributed by atoms with Crippen molar-refractivity contribution in [2.45, 2.75) is 51.2 Å². The number of aromatic amines is 1. The number of hydrogen-bond acceptors (Lipinski definition) is 4. The van der Waals surface area contributed by atoms with Gasteiger partial charge in [0.25, 0.3) is 5.56 Å². The van der Waals surface area contributed by atoms with Crippen LogP contribution >= 0.6 is 12.2 Å². The van der Waals surface area contributed by atoms with Crippen molar-refractivity contribution in [1.82, 2.24) is 15.2 Å². The Kier molecular flexibility index (Phi) is 6.38. The van der Waals surface area contributed by atoms with Crippen LogP contribution in [0.5, 0.6) is 5.75 Å². The minimum Gasteiger partial charge on any atom is -0.497 e. The number of pyridine rings is 1. The summed E-state index contributed by atoms with van der Waals surface area (Å²) in [6.45, 7) is 0.892. The minimum absolute atomic E-state index is 0.113. The summed E-state index contributed by atoms with van der Waals surface area (Å²) in [7, 11) is 1.63.